The van der Waals surface area contributed by atoms with E-state index >= 15 is 0 Å². The van der Waals surface area contributed by atoms with Crippen molar-refractivity contribution in [2.45, 2.75) is 49.0 Å². The summed E-state index contributed by atoms with van der Waals surface area (Å²) < 4.78 is 38.9. The Bertz CT molecular complexity index is 1010. The number of esters is 1. The van der Waals surface area contributed by atoms with E-state index in [1.807, 2.05) is 12.1 Å². The van der Waals surface area contributed by atoms with Gasteiger partial charge in [-0.2, -0.15) is 0 Å². The number of hydrogen-bond acceptors (Lipinski definition) is 7. The van der Waals surface area contributed by atoms with Crippen LogP contribution in [0, 0.1) is 0 Å². The van der Waals surface area contributed by atoms with E-state index in [1.54, 1.807) is 6.92 Å². The Balaban J connectivity index is 1.89. The number of aliphatic hydroxyl groups excluding tert-OH is 1. The Morgan fingerprint density at radius 2 is 1.93 bits per heavy atom. The van der Waals surface area contributed by atoms with Gasteiger partial charge in [-0.1, -0.05) is 12.8 Å². The number of thiophene rings is 1. The van der Waals surface area contributed by atoms with Gasteiger partial charge in [-0.3, -0.25) is 0 Å². The first-order valence-electron chi connectivity index (χ1n) is 9.77. The second-order valence-corrected chi connectivity index (χ2v) is 10.4. The molecule has 1 aromatic heterocycles. The van der Waals surface area contributed by atoms with E-state index in [0.717, 1.165) is 35.4 Å². The largest absolute Gasteiger partial charge is 0.495 e. The van der Waals surface area contributed by atoms with Crippen LogP contribution >= 0.6 is 11.3 Å². The van der Waals surface area contributed by atoms with Crippen molar-refractivity contribution in [3.63, 3.8) is 0 Å². The van der Waals surface area contributed by atoms with Gasteiger partial charge in [0, 0.05) is 21.7 Å². The number of sulfonamides is 1. The van der Waals surface area contributed by atoms with Crippen LogP contribution in [-0.4, -0.2) is 40.3 Å². The highest BCUT2D eigenvalue weighted by Gasteiger charge is 2.38. The summed E-state index contributed by atoms with van der Waals surface area (Å²) in [5.41, 5.74) is -0.174. The lowest BCUT2D eigenvalue weighted by molar-refractivity contribution is 0.0600. The van der Waals surface area contributed by atoms with E-state index in [-0.39, 0.29) is 28.2 Å². The second-order valence-electron chi connectivity index (χ2n) is 7.55. The number of carbonyl (C=O) groups is 1. The minimum Gasteiger partial charge on any atom is -0.495 e. The quantitative estimate of drug-likeness (QED) is 0.594. The lowest BCUT2D eigenvalue weighted by Crippen LogP contribution is -2.38. The maximum atomic E-state index is 13.1. The standard InChI is InChI=1S/C21H27NO6S2/c1-14(23)17-8-9-19(29-17)21(10-4-5-11-21)13-22-30(25,26)18-12-15(20(24)28-3)6-7-16(18)27-2/h6-9,12,14,22-23H,4-5,10-11,13H2,1-3H3. The van der Waals surface area contributed by atoms with Gasteiger partial charge < -0.3 is 14.6 Å². The summed E-state index contributed by atoms with van der Waals surface area (Å²) in [6.45, 7) is 1.96. The number of methoxy groups -OCH3 is 2. The van der Waals surface area contributed by atoms with Crippen LogP contribution < -0.4 is 9.46 Å². The summed E-state index contributed by atoms with van der Waals surface area (Å²) in [6, 6.07) is 8.07. The van der Waals surface area contributed by atoms with Crippen molar-refractivity contribution >= 4 is 27.3 Å². The molecule has 1 unspecified atom stereocenters. The minimum atomic E-state index is -3.94. The molecular formula is C21H27NO6S2. The van der Waals surface area contributed by atoms with E-state index in [9.17, 15) is 18.3 Å². The zero-order valence-corrected chi connectivity index (χ0v) is 18.9. The van der Waals surface area contributed by atoms with Gasteiger partial charge in [-0.05, 0) is 50.1 Å². The van der Waals surface area contributed by atoms with Crippen molar-refractivity contribution in [2.75, 3.05) is 20.8 Å². The van der Waals surface area contributed by atoms with Gasteiger partial charge >= 0.3 is 5.97 Å². The molecule has 0 radical (unpaired) electrons. The smallest absolute Gasteiger partial charge is 0.337 e. The average molecular weight is 454 g/mol. The third-order valence-electron chi connectivity index (χ3n) is 5.60. The lowest BCUT2D eigenvalue weighted by atomic mass is 9.85. The molecule has 0 saturated heterocycles. The highest BCUT2D eigenvalue weighted by Crippen LogP contribution is 2.44. The third kappa shape index (κ3) is 4.54. The molecule has 1 saturated carbocycles. The van der Waals surface area contributed by atoms with Gasteiger partial charge in [0.1, 0.15) is 10.6 Å². The monoisotopic (exact) mass is 453 g/mol. The molecule has 0 amide bonds. The summed E-state index contributed by atoms with van der Waals surface area (Å²) in [5, 5.41) is 9.87. The predicted molar refractivity (Wildman–Crippen MR) is 115 cm³/mol. The number of aliphatic hydroxyl groups is 1. The molecule has 9 heteroatoms. The molecule has 2 aromatic rings. The van der Waals surface area contributed by atoms with Crippen molar-refractivity contribution in [1.82, 2.24) is 4.72 Å². The number of ether oxygens (including phenoxy) is 2. The van der Waals surface area contributed by atoms with Crippen LogP contribution in [0.4, 0.5) is 0 Å². The normalized spacial score (nSPS) is 16.9. The molecule has 0 aliphatic heterocycles. The van der Waals surface area contributed by atoms with Gasteiger partial charge in [0.05, 0.1) is 25.9 Å². The number of hydrogen-bond donors (Lipinski definition) is 2. The predicted octanol–water partition coefficient (Wildman–Crippen LogP) is 3.39. The van der Waals surface area contributed by atoms with E-state index < -0.39 is 22.1 Å². The van der Waals surface area contributed by atoms with Gasteiger partial charge in [-0.15, -0.1) is 11.3 Å². The molecule has 3 rings (SSSR count). The Hall–Kier alpha value is -1.94. The fraction of sp³-hybridized carbons (Fsp3) is 0.476. The van der Waals surface area contributed by atoms with E-state index in [1.165, 1.54) is 43.8 Å². The van der Waals surface area contributed by atoms with Gasteiger partial charge in [0.15, 0.2) is 0 Å². The van der Waals surface area contributed by atoms with E-state index in [2.05, 4.69) is 4.72 Å². The molecule has 1 heterocycles. The fourth-order valence-electron chi connectivity index (χ4n) is 3.87. The molecule has 1 aliphatic carbocycles. The first-order chi connectivity index (χ1) is 14.2. The molecule has 0 spiro atoms. The zero-order valence-electron chi connectivity index (χ0n) is 17.3. The first-order valence-corrected chi connectivity index (χ1v) is 12.1. The molecule has 1 fully saturated rings. The lowest BCUT2D eigenvalue weighted by Gasteiger charge is -2.28. The molecular weight excluding hydrogens is 426 g/mol. The van der Waals surface area contributed by atoms with E-state index in [0.29, 0.717) is 0 Å². The Morgan fingerprint density at radius 3 is 2.50 bits per heavy atom. The fourth-order valence-corrected chi connectivity index (χ4v) is 6.38. The molecule has 1 aliphatic rings. The summed E-state index contributed by atoms with van der Waals surface area (Å²) in [6.07, 6.45) is 3.22. The van der Waals surface area contributed by atoms with Crippen LogP contribution in [0.2, 0.25) is 0 Å². The highest BCUT2D eigenvalue weighted by atomic mass is 32.2. The van der Waals surface area contributed by atoms with Crippen molar-refractivity contribution in [2.24, 2.45) is 0 Å². The SMILES string of the molecule is COC(=O)c1ccc(OC)c(S(=O)(=O)NCC2(c3ccc(C(C)O)s3)CCCC2)c1. The summed E-state index contributed by atoms with van der Waals surface area (Å²) >= 11 is 1.53. The van der Waals surface area contributed by atoms with Gasteiger partial charge in [0.25, 0.3) is 0 Å². The van der Waals surface area contributed by atoms with Crippen molar-refractivity contribution in [1.29, 1.82) is 0 Å². The molecule has 7 nitrogen and oxygen atoms in total. The number of rotatable bonds is 8. The zero-order chi connectivity index (χ0) is 21.9. The Kier molecular flexibility index (Phi) is 6.86. The molecule has 30 heavy (non-hydrogen) atoms. The van der Waals surface area contributed by atoms with Crippen LogP contribution in [0.1, 0.15) is 58.8 Å². The van der Waals surface area contributed by atoms with Crippen molar-refractivity contribution in [3.8, 4) is 5.75 Å². The van der Waals surface area contributed by atoms with E-state index in [4.69, 9.17) is 9.47 Å². The van der Waals surface area contributed by atoms with Crippen LogP contribution in [0.3, 0.4) is 0 Å². The van der Waals surface area contributed by atoms with Crippen LogP contribution in [-0.2, 0) is 20.2 Å². The van der Waals surface area contributed by atoms with Crippen LogP contribution in [0.25, 0.3) is 0 Å². The van der Waals surface area contributed by atoms with Gasteiger partial charge in [0.2, 0.25) is 10.0 Å². The minimum absolute atomic E-state index is 0.100. The summed E-state index contributed by atoms with van der Waals surface area (Å²) in [7, 11) is -1.31. The maximum absolute atomic E-state index is 13.1. The highest BCUT2D eigenvalue weighted by molar-refractivity contribution is 7.89. The average Bonchev–Trinajstić information content (AvgIpc) is 3.42. The first kappa shape index (κ1) is 22.7. The van der Waals surface area contributed by atoms with Crippen molar-refractivity contribution < 1.29 is 27.8 Å². The molecule has 2 N–H and O–H groups in total. The Morgan fingerprint density at radius 1 is 1.23 bits per heavy atom. The van der Waals surface area contributed by atoms with Gasteiger partial charge in [-0.25, -0.2) is 17.9 Å². The molecule has 164 valence electrons. The second kappa shape index (κ2) is 9.05. The van der Waals surface area contributed by atoms with Crippen molar-refractivity contribution in [3.05, 3.63) is 45.6 Å². The molecule has 1 atom stereocenters. The topological polar surface area (TPSA) is 102 Å². The van der Waals surface area contributed by atoms with Crippen LogP contribution in [0.15, 0.2) is 35.2 Å². The Labute approximate surface area is 181 Å². The van der Waals surface area contributed by atoms with Crippen LogP contribution in [0.5, 0.6) is 5.75 Å². The molecule has 1 aromatic carbocycles. The number of carbonyl (C=O) groups excluding carboxylic acids is 1. The summed E-state index contributed by atoms with van der Waals surface area (Å²) in [5.74, 6) is -0.464. The summed E-state index contributed by atoms with van der Waals surface area (Å²) in [4.78, 5) is 13.7. The number of nitrogens with one attached hydrogen (secondary N) is 1. The molecule has 0 bridgehead atoms. The third-order valence-corrected chi connectivity index (χ3v) is 8.52. The maximum Gasteiger partial charge on any atom is 0.337 e. The number of benzene rings is 1.